The van der Waals surface area contributed by atoms with Crippen molar-refractivity contribution in [3.63, 3.8) is 0 Å². The largest absolute Gasteiger partial charge is 0.497 e. The Morgan fingerprint density at radius 1 is 1.39 bits per heavy atom. The summed E-state index contributed by atoms with van der Waals surface area (Å²) < 4.78 is 32.4. The van der Waals surface area contributed by atoms with E-state index in [-0.39, 0.29) is 0 Å². The van der Waals surface area contributed by atoms with Crippen LogP contribution in [0, 0.1) is 5.92 Å². The maximum absolute atomic E-state index is 12.9. The second-order valence-electron chi connectivity index (χ2n) is 5.84. The van der Waals surface area contributed by atoms with Crippen LogP contribution < -0.4 is 4.74 Å². The lowest BCUT2D eigenvalue weighted by Crippen LogP contribution is -2.40. The zero-order valence-corrected chi connectivity index (χ0v) is 13.9. The molecule has 0 bridgehead atoms. The van der Waals surface area contributed by atoms with Crippen molar-refractivity contribution >= 4 is 10.0 Å². The smallest absolute Gasteiger partial charge is 0.243 e. The number of aromatic amines is 1. The maximum atomic E-state index is 12.9. The van der Waals surface area contributed by atoms with Gasteiger partial charge in [0.15, 0.2) is 0 Å². The molecule has 2 aromatic rings. The molecule has 0 amide bonds. The van der Waals surface area contributed by atoms with Gasteiger partial charge in [-0.1, -0.05) is 6.07 Å². The van der Waals surface area contributed by atoms with Crippen LogP contribution in [0.4, 0.5) is 0 Å². The van der Waals surface area contributed by atoms with Gasteiger partial charge < -0.3 is 4.74 Å². The monoisotopic (exact) mass is 335 g/mol. The van der Waals surface area contributed by atoms with E-state index < -0.39 is 10.0 Å². The summed E-state index contributed by atoms with van der Waals surface area (Å²) >= 11 is 0. The molecule has 1 atom stereocenters. The van der Waals surface area contributed by atoms with Crippen molar-refractivity contribution in [3.05, 3.63) is 42.2 Å². The lowest BCUT2D eigenvalue weighted by atomic mass is 9.95. The third-order valence-corrected chi connectivity index (χ3v) is 6.09. The molecule has 23 heavy (non-hydrogen) atoms. The lowest BCUT2D eigenvalue weighted by molar-refractivity contribution is 0.264. The number of rotatable bonds is 5. The Kier molecular flexibility index (Phi) is 4.68. The Morgan fingerprint density at radius 3 is 3.00 bits per heavy atom. The molecular formula is C16H21N3O3S. The van der Waals surface area contributed by atoms with Crippen molar-refractivity contribution in [1.29, 1.82) is 0 Å². The van der Waals surface area contributed by atoms with Crippen molar-refractivity contribution in [3.8, 4) is 5.75 Å². The van der Waals surface area contributed by atoms with Crippen LogP contribution in [0.5, 0.6) is 5.75 Å². The molecule has 3 rings (SSSR count). The number of benzene rings is 1. The van der Waals surface area contributed by atoms with Gasteiger partial charge in [-0.05, 0) is 43.4 Å². The van der Waals surface area contributed by atoms with Gasteiger partial charge in [-0.15, -0.1) is 0 Å². The van der Waals surface area contributed by atoms with Crippen LogP contribution in [0.25, 0.3) is 0 Å². The Labute approximate surface area is 136 Å². The van der Waals surface area contributed by atoms with Gasteiger partial charge in [0, 0.05) is 31.0 Å². The minimum atomic E-state index is -3.48. The Hall–Kier alpha value is -1.86. The van der Waals surface area contributed by atoms with Crippen molar-refractivity contribution < 1.29 is 13.2 Å². The van der Waals surface area contributed by atoms with Crippen molar-refractivity contribution in [1.82, 2.24) is 14.5 Å². The van der Waals surface area contributed by atoms with Crippen LogP contribution in [0.15, 0.2) is 41.4 Å². The molecule has 0 saturated carbocycles. The fourth-order valence-corrected chi connectivity index (χ4v) is 4.62. The number of nitrogens with zero attached hydrogens (tertiary/aromatic N) is 2. The highest BCUT2D eigenvalue weighted by atomic mass is 32.2. The van der Waals surface area contributed by atoms with Crippen molar-refractivity contribution in [2.75, 3.05) is 20.2 Å². The van der Waals surface area contributed by atoms with Crippen molar-refractivity contribution in [2.45, 2.75) is 24.2 Å². The normalized spacial score (nSPS) is 19.6. The molecular weight excluding hydrogens is 314 g/mol. The van der Waals surface area contributed by atoms with Gasteiger partial charge in [0.25, 0.3) is 0 Å². The molecule has 0 radical (unpaired) electrons. The molecule has 6 nitrogen and oxygen atoms in total. The molecule has 0 aliphatic carbocycles. The minimum Gasteiger partial charge on any atom is -0.497 e. The zero-order chi connectivity index (χ0) is 16.3. The van der Waals surface area contributed by atoms with E-state index in [9.17, 15) is 8.42 Å². The number of hydrogen-bond donors (Lipinski definition) is 1. The van der Waals surface area contributed by atoms with Gasteiger partial charge in [0.1, 0.15) is 5.75 Å². The number of nitrogens with one attached hydrogen (secondary N) is 1. The highest BCUT2D eigenvalue weighted by Crippen LogP contribution is 2.27. The molecule has 1 aliphatic rings. The predicted molar refractivity (Wildman–Crippen MR) is 86.8 cm³/mol. The molecule has 1 aromatic heterocycles. The molecule has 1 saturated heterocycles. The molecule has 124 valence electrons. The van der Waals surface area contributed by atoms with Gasteiger partial charge in [0.05, 0.1) is 12.0 Å². The topological polar surface area (TPSA) is 75.3 Å². The third kappa shape index (κ3) is 3.56. The first kappa shape index (κ1) is 16.0. The summed E-state index contributed by atoms with van der Waals surface area (Å²) in [5, 5.41) is 6.90. The summed E-state index contributed by atoms with van der Waals surface area (Å²) in [4.78, 5) is 0.291. The van der Waals surface area contributed by atoms with E-state index in [0.717, 1.165) is 25.0 Å². The molecule has 0 unspecified atom stereocenters. The van der Waals surface area contributed by atoms with Gasteiger partial charge in [-0.3, -0.25) is 5.10 Å². The van der Waals surface area contributed by atoms with Gasteiger partial charge in [-0.2, -0.15) is 9.40 Å². The summed E-state index contributed by atoms with van der Waals surface area (Å²) in [5.74, 6) is 0.863. The van der Waals surface area contributed by atoms with Crippen molar-refractivity contribution in [2.24, 2.45) is 5.92 Å². The second-order valence-corrected chi connectivity index (χ2v) is 7.77. The molecule has 1 aromatic carbocycles. The second kappa shape index (κ2) is 6.72. The first-order valence-electron chi connectivity index (χ1n) is 7.72. The molecule has 0 spiro atoms. The molecule has 1 N–H and O–H groups in total. The Balaban J connectivity index is 1.76. The number of ether oxygens (including phenoxy) is 1. The number of piperidine rings is 1. The van der Waals surface area contributed by atoms with E-state index in [1.165, 1.54) is 7.11 Å². The van der Waals surface area contributed by atoms with Crippen LogP contribution in [-0.2, 0) is 16.4 Å². The van der Waals surface area contributed by atoms with E-state index in [4.69, 9.17) is 4.74 Å². The number of H-pyrrole nitrogens is 1. The molecule has 1 aliphatic heterocycles. The summed E-state index contributed by atoms with van der Waals surface area (Å²) in [5.41, 5.74) is 1.05. The SMILES string of the molecule is COc1cccc(S(=O)(=O)N2CCC[C@H](Cc3ccn[nH]3)C2)c1. The standard InChI is InChI=1S/C16H21N3O3S/c1-22-15-5-2-6-16(11-15)23(20,21)19-9-3-4-13(12-19)10-14-7-8-17-18-14/h2,5-8,11,13H,3-4,9-10,12H2,1H3,(H,17,18)/t13-/m1/s1. The summed E-state index contributed by atoms with van der Waals surface area (Å²) in [6.07, 6.45) is 4.46. The van der Waals surface area contributed by atoms with E-state index in [1.54, 1.807) is 34.8 Å². The number of methoxy groups -OCH3 is 1. The first-order valence-corrected chi connectivity index (χ1v) is 9.16. The quantitative estimate of drug-likeness (QED) is 0.907. The van der Waals surface area contributed by atoms with E-state index in [0.29, 0.717) is 29.7 Å². The highest BCUT2D eigenvalue weighted by Gasteiger charge is 2.30. The first-order chi connectivity index (χ1) is 11.1. The molecule has 7 heteroatoms. The highest BCUT2D eigenvalue weighted by molar-refractivity contribution is 7.89. The third-order valence-electron chi connectivity index (χ3n) is 4.23. The van der Waals surface area contributed by atoms with Crippen LogP contribution in [0.1, 0.15) is 18.5 Å². The Morgan fingerprint density at radius 2 is 2.26 bits per heavy atom. The summed E-state index contributed by atoms with van der Waals surface area (Å²) in [7, 11) is -1.94. The average molecular weight is 335 g/mol. The molecule has 1 fully saturated rings. The summed E-state index contributed by atoms with van der Waals surface area (Å²) in [6.45, 7) is 1.11. The van der Waals surface area contributed by atoms with Gasteiger partial charge >= 0.3 is 0 Å². The van der Waals surface area contributed by atoms with Crippen LogP contribution in [-0.4, -0.2) is 43.1 Å². The van der Waals surface area contributed by atoms with Crippen LogP contribution in [0.2, 0.25) is 0 Å². The molecule has 2 heterocycles. The fraction of sp³-hybridized carbons (Fsp3) is 0.438. The summed E-state index contributed by atoms with van der Waals surface area (Å²) in [6, 6.07) is 8.59. The Bertz CT molecular complexity index is 744. The predicted octanol–water partition coefficient (Wildman–Crippen LogP) is 2.06. The lowest BCUT2D eigenvalue weighted by Gasteiger charge is -2.31. The number of sulfonamides is 1. The van der Waals surface area contributed by atoms with Crippen LogP contribution in [0.3, 0.4) is 0 Å². The van der Waals surface area contributed by atoms with Gasteiger partial charge in [-0.25, -0.2) is 8.42 Å². The maximum Gasteiger partial charge on any atom is 0.243 e. The average Bonchev–Trinajstić information content (AvgIpc) is 3.08. The van der Waals surface area contributed by atoms with E-state index >= 15 is 0 Å². The van der Waals surface area contributed by atoms with E-state index in [1.807, 2.05) is 6.07 Å². The van der Waals surface area contributed by atoms with E-state index in [2.05, 4.69) is 10.2 Å². The zero-order valence-electron chi connectivity index (χ0n) is 13.1. The minimum absolute atomic E-state index is 0.291. The fourth-order valence-electron chi connectivity index (χ4n) is 3.03. The number of aromatic nitrogens is 2. The van der Waals surface area contributed by atoms with Crippen LogP contribution >= 0.6 is 0 Å². The van der Waals surface area contributed by atoms with Gasteiger partial charge in [0.2, 0.25) is 10.0 Å². The number of hydrogen-bond acceptors (Lipinski definition) is 4.